The molecule has 9 nitrogen and oxygen atoms in total. The van der Waals surface area contributed by atoms with Crippen molar-refractivity contribution in [2.75, 3.05) is 0 Å². The number of carbonyl (C=O) groups is 1. The van der Waals surface area contributed by atoms with Crippen molar-refractivity contribution >= 4 is 5.91 Å². The molecule has 1 aliphatic carbocycles. The van der Waals surface area contributed by atoms with Gasteiger partial charge in [-0.2, -0.15) is 4.98 Å². The van der Waals surface area contributed by atoms with E-state index >= 15 is 0 Å². The molecule has 0 aliphatic heterocycles. The van der Waals surface area contributed by atoms with Crippen molar-refractivity contribution < 1.29 is 23.3 Å². The number of nitrogens with zero attached hydrogens (tertiary/aromatic N) is 3. The Balaban J connectivity index is 1.35. The minimum Gasteiger partial charge on any atom is -0.488 e. The Morgan fingerprint density at radius 2 is 1.50 bits per heavy atom. The predicted octanol–water partition coefficient (Wildman–Crippen LogP) is 7.94. The van der Waals surface area contributed by atoms with Crippen LogP contribution in [-0.2, 0) is 26.1 Å². The molecular formula is C37H40N4O5. The number of carbonyl (C=O) groups excluding carboxylic acids is 1. The predicted molar refractivity (Wildman–Crippen MR) is 174 cm³/mol. The van der Waals surface area contributed by atoms with Crippen molar-refractivity contribution in [3.8, 4) is 22.8 Å². The molecule has 3 aromatic carbocycles. The fourth-order valence-electron chi connectivity index (χ4n) is 5.99. The molecule has 1 saturated carbocycles. The van der Waals surface area contributed by atoms with E-state index in [0.29, 0.717) is 72.1 Å². The summed E-state index contributed by atoms with van der Waals surface area (Å²) in [6.45, 7) is 4.95. The average molecular weight is 621 g/mol. The maximum atomic E-state index is 12.5. The van der Waals surface area contributed by atoms with Gasteiger partial charge in [0.1, 0.15) is 24.7 Å². The van der Waals surface area contributed by atoms with E-state index in [9.17, 15) is 4.79 Å². The highest BCUT2D eigenvalue weighted by molar-refractivity contribution is 5.94. The molecule has 2 heterocycles. The third kappa shape index (κ3) is 7.30. The van der Waals surface area contributed by atoms with E-state index in [1.54, 1.807) is 0 Å². The Labute approximate surface area is 269 Å². The van der Waals surface area contributed by atoms with E-state index in [1.165, 1.54) is 19.3 Å². The van der Waals surface area contributed by atoms with Gasteiger partial charge in [0.15, 0.2) is 17.3 Å². The average Bonchev–Trinajstić information content (AvgIpc) is 3.74. The van der Waals surface area contributed by atoms with Gasteiger partial charge in [0.2, 0.25) is 5.89 Å². The zero-order valence-electron chi connectivity index (χ0n) is 26.4. The van der Waals surface area contributed by atoms with Crippen molar-refractivity contribution in [1.29, 1.82) is 0 Å². The van der Waals surface area contributed by atoms with Crippen LogP contribution in [0.5, 0.6) is 11.5 Å². The normalized spacial score (nSPS) is 13.6. The van der Waals surface area contributed by atoms with E-state index < -0.39 is 5.91 Å². The summed E-state index contributed by atoms with van der Waals surface area (Å²) in [6.07, 6.45) is 6.55. The van der Waals surface area contributed by atoms with Gasteiger partial charge in [-0.3, -0.25) is 4.79 Å². The van der Waals surface area contributed by atoms with Crippen molar-refractivity contribution in [3.63, 3.8) is 0 Å². The topological polar surface area (TPSA) is 127 Å². The summed E-state index contributed by atoms with van der Waals surface area (Å²) in [5.41, 5.74) is 10.1. The standard InChI is InChI=1S/C37H40N4O5/c1-24(2)29-20-30(32(44-23-26-14-8-4-9-15-26)21-31(29)43-22-25-12-6-3-7-13-25)35-28(34(36(38)42)41-45-35)18-19-33-39-37(46-40-33)27-16-10-5-11-17-27/h3-4,6-9,12-15,20-21,24,27H,5,10-11,16-19,22-23H2,1-2H3,(H2,38,42). The number of ether oxygens (including phenoxy) is 2. The Kier molecular flexibility index (Phi) is 9.76. The molecule has 0 radical (unpaired) electrons. The lowest BCUT2D eigenvalue weighted by atomic mass is 9.89. The van der Waals surface area contributed by atoms with Crippen molar-refractivity contribution in [1.82, 2.24) is 15.3 Å². The number of rotatable bonds is 13. The summed E-state index contributed by atoms with van der Waals surface area (Å²) in [7, 11) is 0. The lowest BCUT2D eigenvalue weighted by Gasteiger charge is -2.19. The minimum atomic E-state index is -0.667. The third-order valence-electron chi connectivity index (χ3n) is 8.51. The smallest absolute Gasteiger partial charge is 0.271 e. The molecule has 1 aliphatic rings. The van der Waals surface area contributed by atoms with Crippen molar-refractivity contribution in [3.05, 3.63) is 112 Å². The van der Waals surface area contributed by atoms with Crippen LogP contribution in [0.2, 0.25) is 0 Å². The number of hydrogen-bond acceptors (Lipinski definition) is 8. The van der Waals surface area contributed by atoms with Gasteiger partial charge < -0.3 is 24.3 Å². The van der Waals surface area contributed by atoms with Gasteiger partial charge in [0, 0.05) is 24.0 Å². The molecule has 6 rings (SSSR count). The molecule has 9 heteroatoms. The number of hydrogen-bond donors (Lipinski definition) is 1. The van der Waals surface area contributed by atoms with Crippen LogP contribution in [0, 0.1) is 0 Å². The Bertz CT molecular complexity index is 1740. The van der Waals surface area contributed by atoms with Gasteiger partial charge in [0.25, 0.3) is 5.91 Å². The van der Waals surface area contributed by atoms with Crippen LogP contribution in [0.3, 0.4) is 0 Å². The highest BCUT2D eigenvalue weighted by Gasteiger charge is 2.27. The van der Waals surface area contributed by atoms with Crippen LogP contribution in [0.4, 0.5) is 0 Å². The lowest BCUT2D eigenvalue weighted by molar-refractivity contribution is 0.0991. The summed E-state index contributed by atoms with van der Waals surface area (Å²) in [5, 5.41) is 8.36. The molecule has 1 amide bonds. The fraction of sp³-hybridized carbons (Fsp3) is 0.351. The van der Waals surface area contributed by atoms with E-state index in [0.717, 1.165) is 29.5 Å². The first-order valence-electron chi connectivity index (χ1n) is 16.1. The highest BCUT2D eigenvalue weighted by Crippen LogP contribution is 2.42. The monoisotopic (exact) mass is 620 g/mol. The maximum absolute atomic E-state index is 12.5. The first-order valence-corrected chi connectivity index (χ1v) is 16.1. The first kappa shape index (κ1) is 31.1. The molecule has 0 atom stereocenters. The summed E-state index contributed by atoms with van der Waals surface area (Å²) >= 11 is 0. The fourth-order valence-corrected chi connectivity index (χ4v) is 5.99. The number of aromatic nitrogens is 3. The zero-order valence-corrected chi connectivity index (χ0v) is 26.4. The Hall–Kier alpha value is -4.92. The Morgan fingerprint density at radius 1 is 0.848 bits per heavy atom. The molecule has 0 spiro atoms. The molecule has 0 bridgehead atoms. The van der Waals surface area contributed by atoms with Gasteiger partial charge in [0.05, 0.1) is 5.56 Å². The van der Waals surface area contributed by atoms with Crippen LogP contribution >= 0.6 is 0 Å². The molecular weight excluding hydrogens is 580 g/mol. The summed E-state index contributed by atoms with van der Waals surface area (Å²) in [4.78, 5) is 17.2. The van der Waals surface area contributed by atoms with Gasteiger partial charge in [-0.15, -0.1) is 0 Å². The van der Waals surface area contributed by atoms with E-state index in [4.69, 9.17) is 29.2 Å². The quantitative estimate of drug-likeness (QED) is 0.141. The number of nitrogens with two attached hydrogens (primary N) is 1. The van der Waals surface area contributed by atoms with Crippen LogP contribution in [0.1, 0.15) is 102 Å². The first-order chi connectivity index (χ1) is 22.5. The Morgan fingerprint density at radius 3 is 2.13 bits per heavy atom. The number of amides is 1. The molecule has 5 aromatic rings. The second kappa shape index (κ2) is 14.5. The minimum absolute atomic E-state index is 0.0792. The summed E-state index contributed by atoms with van der Waals surface area (Å²) in [6, 6.07) is 23.9. The molecule has 2 aromatic heterocycles. The van der Waals surface area contributed by atoms with Crippen molar-refractivity contribution in [2.45, 2.75) is 83.8 Å². The van der Waals surface area contributed by atoms with Crippen LogP contribution < -0.4 is 15.2 Å². The zero-order chi connectivity index (χ0) is 31.9. The molecule has 46 heavy (non-hydrogen) atoms. The number of aryl methyl sites for hydroxylation is 1. The van der Waals surface area contributed by atoms with Gasteiger partial charge >= 0.3 is 0 Å². The largest absolute Gasteiger partial charge is 0.488 e. The second-order valence-corrected chi connectivity index (χ2v) is 12.2. The highest BCUT2D eigenvalue weighted by atomic mass is 16.5. The van der Waals surface area contributed by atoms with E-state index in [-0.39, 0.29) is 11.6 Å². The van der Waals surface area contributed by atoms with Crippen LogP contribution in [0.15, 0.2) is 81.8 Å². The maximum Gasteiger partial charge on any atom is 0.271 e. The molecule has 0 unspecified atom stereocenters. The summed E-state index contributed by atoms with van der Waals surface area (Å²) in [5.74, 6) is 2.71. The van der Waals surface area contributed by atoms with Crippen molar-refractivity contribution in [2.24, 2.45) is 5.73 Å². The SMILES string of the molecule is CC(C)c1cc(-c2onc(C(N)=O)c2CCc2noc(C3CCCCC3)n2)c(OCc2ccccc2)cc1OCc1ccccc1. The van der Waals surface area contributed by atoms with Gasteiger partial charge in [-0.25, -0.2) is 0 Å². The summed E-state index contributed by atoms with van der Waals surface area (Å²) < 4.78 is 24.3. The van der Waals surface area contributed by atoms with Gasteiger partial charge in [-0.1, -0.05) is 104 Å². The van der Waals surface area contributed by atoms with E-state index in [1.807, 2.05) is 72.8 Å². The molecule has 1 fully saturated rings. The van der Waals surface area contributed by atoms with Crippen LogP contribution in [-0.4, -0.2) is 21.2 Å². The molecule has 2 N–H and O–H groups in total. The number of benzene rings is 3. The third-order valence-corrected chi connectivity index (χ3v) is 8.51. The van der Waals surface area contributed by atoms with E-state index in [2.05, 4.69) is 24.2 Å². The lowest BCUT2D eigenvalue weighted by Crippen LogP contribution is -2.14. The molecule has 238 valence electrons. The number of primary amides is 1. The van der Waals surface area contributed by atoms with Crippen LogP contribution in [0.25, 0.3) is 11.3 Å². The second-order valence-electron chi connectivity index (χ2n) is 12.2. The van der Waals surface area contributed by atoms with Gasteiger partial charge in [-0.05, 0) is 47.9 Å². The molecule has 0 saturated heterocycles.